The van der Waals surface area contributed by atoms with E-state index in [0.717, 1.165) is 5.82 Å². The molecule has 0 aliphatic heterocycles. The molecule has 2 N–H and O–H groups in total. The summed E-state index contributed by atoms with van der Waals surface area (Å²) < 4.78 is 1.51. The quantitative estimate of drug-likeness (QED) is 0.779. The van der Waals surface area contributed by atoms with E-state index < -0.39 is 0 Å². The van der Waals surface area contributed by atoms with E-state index in [-0.39, 0.29) is 30.4 Å². The van der Waals surface area contributed by atoms with Gasteiger partial charge in [-0.05, 0) is 6.54 Å². The van der Waals surface area contributed by atoms with Gasteiger partial charge < -0.3 is 5.73 Å². The lowest BCUT2D eigenvalue weighted by Crippen LogP contribution is -2.22. The van der Waals surface area contributed by atoms with Crippen LogP contribution in [0.3, 0.4) is 0 Å². The molecule has 0 saturated carbocycles. The van der Waals surface area contributed by atoms with Gasteiger partial charge in [0.25, 0.3) is 5.56 Å². The molecule has 13 heavy (non-hydrogen) atoms. The van der Waals surface area contributed by atoms with E-state index >= 15 is 0 Å². The van der Waals surface area contributed by atoms with Crippen LogP contribution >= 0.6 is 24.8 Å². The van der Waals surface area contributed by atoms with Gasteiger partial charge in [-0.3, -0.25) is 9.36 Å². The molecule has 0 amide bonds. The summed E-state index contributed by atoms with van der Waals surface area (Å²) in [6, 6.07) is 1.43. The molecule has 0 bridgehead atoms. The van der Waals surface area contributed by atoms with Crippen LogP contribution in [0.2, 0.25) is 0 Å². The van der Waals surface area contributed by atoms with Crippen LogP contribution in [0.4, 0.5) is 0 Å². The first kappa shape index (κ1) is 14.9. The first-order valence-corrected chi connectivity index (χ1v) is 3.46. The predicted octanol–water partition coefficient (Wildman–Crippen LogP) is 0.125. The zero-order valence-electron chi connectivity index (χ0n) is 7.27. The third-order valence-corrected chi connectivity index (χ3v) is 1.53. The zero-order valence-corrected chi connectivity index (χ0v) is 8.90. The van der Waals surface area contributed by atoms with Gasteiger partial charge in [0.15, 0.2) is 0 Å². The van der Waals surface area contributed by atoms with Crippen LogP contribution in [-0.4, -0.2) is 16.1 Å². The van der Waals surface area contributed by atoms with Crippen LogP contribution in [0.1, 0.15) is 5.82 Å². The molecular formula is C7H13Cl2N3O. The summed E-state index contributed by atoms with van der Waals surface area (Å²) >= 11 is 0. The molecule has 0 aliphatic carbocycles. The molecule has 0 spiro atoms. The SMILES string of the molecule is Cl.Cl.Cn1c(CCN)nccc1=O. The van der Waals surface area contributed by atoms with Crippen LogP contribution in [-0.2, 0) is 13.5 Å². The van der Waals surface area contributed by atoms with E-state index in [1.807, 2.05) is 0 Å². The van der Waals surface area contributed by atoms with Crippen molar-refractivity contribution < 1.29 is 0 Å². The van der Waals surface area contributed by atoms with Gasteiger partial charge in [0.05, 0.1) is 0 Å². The fourth-order valence-electron chi connectivity index (χ4n) is 0.874. The first-order chi connectivity index (χ1) is 5.25. The monoisotopic (exact) mass is 225 g/mol. The summed E-state index contributed by atoms with van der Waals surface area (Å²) in [5.41, 5.74) is 5.29. The molecule has 0 aromatic carbocycles. The highest BCUT2D eigenvalue weighted by atomic mass is 35.5. The number of nitrogens with two attached hydrogens (primary N) is 1. The van der Waals surface area contributed by atoms with Crippen LogP contribution in [0.25, 0.3) is 0 Å². The van der Waals surface area contributed by atoms with Gasteiger partial charge in [-0.2, -0.15) is 0 Å². The molecule has 1 heterocycles. The maximum absolute atomic E-state index is 11.0. The van der Waals surface area contributed by atoms with E-state index in [9.17, 15) is 4.79 Å². The Hall–Kier alpha value is -0.580. The molecule has 1 aromatic heterocycles. The smallest absolute Gasteiger partial charge is 0.253 e. The Bertz CT molecular complexity index is 300. The molecule has 76 valence electrons. The standard InChI is InChI=1S/C7H11N3O.2ClH/c1-10-6(2-4-8)9-5-3-7(10)11;;/h3,5H,2,4,8H2,1H3;2*1H. The molecule has 1 rings (SSSR count). The average molecular weight is 226 g/mol. The van der Waals surface area contributed by atoms with E-state index in [4.69, 9.17) is 5.73 Å². The summed E-state index contributed by atoms with van der Waals surface area (Å²) in [5.74, 6) is 0.736. The van der Waals surface area contributed by atoms with Crippen LogP contribution < -0.4 is 11.3 Å². The lowest BCUT2D eigenvalue weighted by molar-refractivity contribution is 0.717. The van der Waals surface area contributed by atoms with Crippen molar-refractivity contribution in [1.29, 1.82) is 0 Å². The van der Waals surface area contributed by atoms with Crippen LogP contribution in [0.5, 0.6) is 0 Å². The highest BCUT2D eigenvalue weighted by Gasteiger charge is 1.97. The second-order valence-electron chi connectivity index (χ2n) is 2.30. The van der Waals surface area contributed by atoms with Crippen molar-refractivity contribution in [2.45, 2.75) is 6.42 Å². The van der Waals surface area contributed by atoms with Crippen molar-refractivity contribution in [2.75, 3.05) is 6.54 Å². The topological polar surface area (TPSA) is 60.9 Å². The van der Waals surface area contributed by atoms with E-state index in [1.54, 1.807) is 7.05 Å². The number of nitrogens with zero attached hydrogens (tertiary/aromatic N) is 2. The fourth-order valence-corrected chi connectivity index (χ4v) is 0.874. The molecule has 6 heteroatoms. The Morgan fingerprint density at radius 2 is 2.15 bits per heavy atom. The second-order valence-corrected chi connectivity index (χ2v) is 2.30. The van der Waals surface area contributed by atoms with Crippen molar-refractivity contribution in [2.24, 2.45) is 12.8 Å². The average Bonchev–Trinajstić information content (AvgIpc) is 1.99. The maximum atomic E-state index is 11.0. The molecule has 0 atom stereocenters. The van der Waals surface area contributed by atoms with Crippen molar-refractivity contribution in [3.8, 4) is 0 Å². The molecule has 0 aliphatic rings. The molecular weight excluding hydrogens is 213 g/mol. The van der Waals surface area contributed by atoms with E-state index in [2.05, 4.69) is 4.98 Å². The van der Waals surface area contributed by atoms with Crippen molar-refractivity contribution in [3.63, 3.8) is 0 Å². The highest BCUT2D eigenvalue weighted by molar-refractivity contribution is 5.85. The Morgan fingerprint density at radius 1 is 1.54 bits per heavy atom. The number of hydrogen-bond donors (Lipinski definition) is 1. The molecule has 1 aromatic rings. The summed E-state index contributed by atoms with van der Waals surface area (Å²) in [6.07, 6.45) is 2.15. The third-order valence-electron chi connectivity index (χ3n) is 1.53. The fraction of sp³-hybridized carbons (Fsp3) is 0.429. The lowest BCUT2D eigenvalue weighted by Gasteiger charge is -2.02. The van der Waals surface area contributed by atoms with Gasteiger partial charge in [-0.1, -0.05) is 0 Å². The Labute approximate surface area is 89.0 Å². The first-order valence-electron chi connectivity index (χ1n) is 3.46. The molecule has 0 saturated heterocycles. The van der Waals surface area contributed by atoms with Gasteiger partial charge in [0, 0.05) is 25.7 Å². The highest BCUT2D eigenvalue weighted by Crippen LogP contribution is 1.87. The van der Waals surface area contributed by atoms with Gasteiger partial charge >= 0.3 is 0 Å². The number of rotatable bonds is 2. The number of aromatic nitrogens is 2. The molecule has 0 radical (unpaired) electrons. The van der Waals surface area contributed by atoms with Crippen LogP contribution in [0.15, 0.2) is 17.1 Å². The van der Waals surface area contributed by atoms with E-state index in [0.29, 0.717) is 13.0 Å². The van der Waals surface area contributed by atoms with Crippen molar-refractivity contribution >= 4 is 24.8 Å². The van der Waals surface area contributed by atoms with Crippen molar-refractivity contribution in [1.82, 2.24) is 9.55 Å². The summed E-state index contributed by atoms with van der Waals surface area (Å²) in [6.45, 7) is 0.518. The van der Waals surface area contributed by atoms with Crippen molar-refractivity contribution in [3.05, 3.63) is 28.4 Å². The lowest BCUT2D eigenvalue weighted by atomic mass is 10.4. The van der Waals surface area contributed by atoms with Gasteiger partial charge in [-0.15, -0.1) is 24.8 Å². The normalized spacial score (nSPS) is 8.46. The number of hydrogen-bond acceptors (Lipinski definition) is 3. The summed E-state index contributed by atoms with van der Waals surface area (Å²) in [7, 11) is 1.69. The Kier molecular flexibility index (Phi) is 7.90. The Morgan fingerprint density at radius 3 is 2.69 bits per heavy atom. The van der Waals surface area contributed by atoms with E-state index in [1.165, 1.54) is 16.8 Å². The van der Waals surface area contributed by atoms with Gasteiger partial charge in [0.1, 0.15) is 5.82 Å². The minimum absolute atomic E-state index is 0. The largest absolute Gasteiger partial charge is 0.330 e. The second kappa shape index (κ2) is 6.88. The van der Waals surface area contributed by atoms with Crippen LogP contribution in [0, 0.1) is 0 Å². The summed E-state index contributed by atoms with van der Waals surface area (Å²) in [5, 5.41) is 0. The molecule has 4 nitrogen and oxygen atoms in total. The predicted molar refractivity (Wildman–Crippen MR) is 56.7 cm³/mol. The molecule has 0 fully saturated rings. The van der Waals surface area contributed by atoms with Gasteiger partial charge in [-0.25, -0.2) is 4.98 Å². The summed E-state index contributed by atoms with van der Waals surface area (Å²) in [4.78, 5) is 15.0. The third kappa shape index (κ3) is 3.76. The van der Waals surface area contributed by atoms with Gasteiger partial charge in [0.2, 0.25) is 0 Å². The Balaban J connectivity index is 0. The minimum atomic E-state index is -0.0385. The maximum Gasteiger partial charge on any atom is 0.253 e. The molecule has 0 unspecified atom stereocenters. The minimum Gasteiger partial charge on any atom is -0.330 e. The zero-order chi connectivity index (χ0) is 8.27. The number of halogens is 2.